The molecule has 1 amide bonds. The van der Waals surface area contributed by atoms with Crippen LogP contribution in [-0.2, 0) is 9.53 Å². The lowest BCUT2D eigenvalue weighted by atomic mass is 10.00. The lowest BCUT2D eigenvalue weighted by Gasteiger charge is -2.35. The van der Waals surface area contributed by atoms with Crippen LogP contribution in [0.3, 0.4) is 0 Å². The molecule has 2 N–H and O–H groups in total. The van der Waals surface area contributed by atoms with Crippen LogP contribution in [0.15, 0.2) is 30.3 Å². The van der Waals surface area contributed by atoms with Gasteiger partial charge in [0.25, 0.3) is 5.91 Å². The molecule has 2 aromatic rings. The fourth-order valence-corrected chi connectivity index (χ4v) is 3.54. The topological polar surface area (TPSA) is 87.1 Å². The second kappa shape index (κ2) is 7.64. The van der Waals surface area contributed by atoms with Crippen molar-refractivity contribution >= 4 is 22.6 Å². The molecule has 1 saturated heterocycles. The van der Waals surface area contributed by atoms with Crippen molar-refractivity contribution in [1.82, 2.24) is 4.90 Å². The number of nitrogens with zero attached hydrogens (tertiary/aromatic N) is 1. The summed E-state index contributed by atoms with van der Waals surface area (Å²) in [5, 5.41) is 21.2. The van der Waals surface area contributed by atoms with E-state index in [0.29, 0.717) is 17.3 Å². The van der Waals surface area contributed by atoms with Crippen molar-refractivity contribution in [2.75, 3.05) is 13.2 Å². The van der Waals surface area contributed by atoms with Crippen LogP contribution in [0.4, 0.5) is 0 Å². The van der Waals surface area contributed by atoms with Gasteiger partial charge in [-0.05, 0) is 31.7 Å². The second-order valence-corrected chi connectivity index (χ2v) is 6.56. The number of carbonyl (C=O) groups is 2. The maximum Gasteiger partial charge on any atom is 0.342 e. The molecule has 1 atom stereocenters. The number of fused-ring (bicyclic) bond motifs is 1. The molecule has 3 rings (SSSR count). The van der Waals surface area contributed by atoms with E-state index in [1.54, 1.807) is 29.2 Å². The Morgan fingerprint density at radius 2 is 1.92 bits per heavy atom. The molecule has 0 aliphatic carbocycles. The molecule has 1 heterocycles. The van der Waals surface area contributed by atoms with E-state index in [-0.39, 0.29) is 35.6 Å². The molecule has 0 saturated carbocycles. The number of phenolic OH excluding ortho intramolecular Hbond substituents is 2. The first-order valence-electron chi connectivity index (χ1n) is 8.93. The summed E-state index contributed by atoms with van der Waals surface area (Å²) in [6, 6.07) is 8.02. The van der Waals surface area contributed by atoms with Gasteiger partial charge in [-0.15, -0.1) is 0 Å². The maximum absolute atomic E-state index is 12.4. The highest BCUT2D eigenvalue weighted by Gasteiger charge is 2.26. The van der Waals surface area contributed by atoms with Crippen molar-refractivity contribution in [3.05, 3.63) is 35.9 Å². The highest BCUT2D eigenvalue weighted by molar-refractivity contribution is 6.04. The molecule has 1 aliphatic rings. The summed E-state index contributed by atoms with van der Waals surface area (Å²) in [5.74, 6) is -1.45. The number of hydrogen-bond acceptors (Lipinski definition) is 5. The molecule has 2 aromatic carbocycles. The summed E-state index contributed by atoms with van der Waals surface area (Å²) in [7, 11) is 0. The average Bonchev–Trinajstić information content (AvgIpc) is 2.68. The molecule has 26 heavy (non-hydrogen) atoms. The summed E-state index contributed by atoms with van der Waals surface area (Å²) in [4.78, 5) is 26.5. The van der Waals surface area contributed by atoms with Gasteiger partial charge in [-0.3, -0.25) is 4.79 Å². The summed E-state index contributed by atoms with van der Waals surface area (Å²) in [6.45, 7) is 2.34. The Bertz CT molecular complexity index is 832. The number of amides is 1. The van der Waals surface area contributed by atoms with Crippen LogP contribution in [0.1, 0.15) is 43.0 Å². The first-order chi connectivity index (χ1) is 12.5. The number of esters is 1. The Labute approximate surface area is 152 Å². The van der Waals surface area contributed by atoms with E-state index in [4.69, 9.17) is 4.74 Å². The molecule has 0 radical (unpaired) electrons. The first kappa shape index (κ1) is 18.0. The standard InChI is InChI=1S/C20H23NO5/c1-2-13-7-5-6-10-21(13)18(23)12-26-20(25)16-11-17(22)14-8-3-4-9-15(14)19(16)24/h3-4,8-9,11,13,22,24H,2,5-7,10,12H2,1H3/t13-/m1/s1. The summed E-state index contributed by atoms with van der Waals surface area (Å²) in [6.07, 6.45) is 3.90. The smallest absolute Gasteiger partial charge is 0.342 e. The van der Waals surface area contributed by atoms with Gasteiger partial charge in [0.05, 0.1) is 0 Å². The highest BCUT2D eigenvalue weighted by atomic mass is 16.5. The Kier molecular flexibility index (Phi) is 5.30. The summed E-state index contributed by atoms with van der Waals surface area (Å²) in [5.41, 5.74) is -0.153. The Morgan fingerprint density at radius 1 is 1.19 bits per heavy atom. The minimum absolute atomic E-state index is 0.126. The normalized spacial score (nSPS) is 17.3. The van der Waals surface area contributed by atoms with E-state index in [2.05, 4.69) is 0 Å². The van der Waals surface area contributed by atoms with Gasteiger partial charge in [0.1, 0.15) is 17.1 Å². The number of ether oxygens (including phenoxy) is 1. The summed E-state index contributed by atoms with van der Waals surface area (Å²) < 4.78 is 5.12. The fraction of sp³-hybridized carbons (Fsp3) is 0.400. The minimum atomic E-state index is -0.832. The van der Waals surface area contributed by atoms with E-state index < -0.39 is 5.97 Å². The number of piperidine rings is 1. The van der Waals surface area contributed by atoms with E-state index >= 15 is 0 Å². The van der Waals surface area contributed by atoms with Gasteiger partial charge in [-0.25, -0.2) is 4.79 Å². The number of hydrogen-bond donors (Lipinski definition) is 2. The van der Waals surface area contributed by atoms with Gasteiger partial charge in [0.15, 0.2) is 6.61 Å². The molecule has 0 spiro atoms. The fourth-order valence-electron chi connectivity index (χ4n) is 3.54. The molecule has 1 fully saturated rings. The van der Waals surface area contributed by atoms with Gasteiger partial charge in [0.2, 0.25) is 0 Å². The van der Waals surface area contributed by atoms with Crippen molar-refractivity contribution in [3.8, 4) is 11.5 Å². The molecular formula is C20H23NO5. The zero-order valence-electron chi connectivity index (χ0n) is 14.8. The SMILES string of the molecule is CC[C@@H]1CCCCN1C(=O)COC(=O)c1cc(O)c2ccccc2c1O. The predicted molar refractivity (Wildman–Crippen MR) is 97.2 cm³/mol. The van der Waals surface area contributed by atoms with Crippen LogP contribution < -0.4 is 0 Å². The zero-order valence-corrected chi connectivity index (χ0v) is 14.8. The van der Waals surface area contributed by atoms with Crippen molar-refractivity contribution in [3.63, 3.8) is 0 Å². The van der Waals surface area contributed by atoms with E-state index in [9.17, 15) is 19.8 Å². The van der Waals surface area contributed by atoms with E-state index in [1.165, 1.54) is 6.07 Å². The molecule has 0 bridgehead atoms. The van der Waals surface area contributed by atoms with Crippen LogP contribution >= 0.6 is 0 Å². The lowest BCUT2D eigenvalue weighted by Crippen LogP contribution is -2.45. The third kappa shape index (κ3) is 3.45. The van der Waals surface area contributed by atoms with Crippen molar-refractivity contribution < 1.29 is 24.5 Å². The third-order valence-electron chi connectivity index (χ3n) is 4.96. The van der Waals surface area contributed by atoms with Crippen molar-refractivity contribution in [2.45, 2.75) is 38.6 Å². The monoisotopic (exact) mass is 357 g/mol. The maximum atomic E-state index is 12.4. The predicted octanol–water partition coefficient (Wildman–Crippen LogP) is 3.20. The minimum Gasteiger partial charge on any atom is -0.507 e. The molecule has 6 heteroatoms. The van der Waals surface area contributed by atoms with Gasteiger partial charge in [-0.2, -0.15) is 0 Å². The second-order valence-electron chi connectivity index (χ2n) is 6.56. The number of phenols is 2. The number of aromatic hydroxyl groups is 2. The average molecular weight is 357 g/mol. The number of benzene rings is 2. The van der Waals surface area contributed by atoms with Crippen LogP contribution in [-0.4, -0.2) is 46.2 Å². The van der Waals surface area contributed by atoms with Gasteiger partial charge in [-0.1, -0.05) is 31.2 Å². The quantitative estimate of drug-likeness (QED) is 0.648. The molecule has 1 aliphatic heterocycles. The van der Waals surface area contributed by atoms with E-state index in [1.807, 2.05) is 6.92 Å². The van der Waals surface area contributed by atoms with Crippen LogP contribution in [0.2, 0.25) is 0 Å². The van der Waals surface area contributed by atoms with E-state index in [0.717, 1.165) is 25.7 Å². The Balaban J connectivity index is 1.73. The van der Waals surface area contributed by atoms with Crippen LogP contribution in [0, 0.1) is 0 Å². The largest absolute Gasteiger partial charge is 0.507 e. The zero-order chi connectivity index (χ0) is 18.7. The first-order valence-corrected chi connectivity index (χ1v) is 8.93. The molecule has 6 nitrogen and oxygen atoms in total. The molecule has 0 unspecified atom stereocenters. The highest BCUT2D eigenvalue weighted by Crippen LogP contribution is 2.35. The van der Waals surface area contributed by atoms with Crippen molar-refractivity contribution in [1.29, 1.82) is 0 Å². The number of carbonyl (C=O) groups excluding carboxylic acids is 2. The third-order valence-corrected chi connectivity index (χ3v) is 4.96. The van der Waals surface area contributed by atoms with Crippen molar-refractivity contribution in [2.24, 2.45) is 0 Å². The molecule has 138 valence electrons. The Hall–Kier alpha value is -2.76. The van der Waals surface area contributed by atoms with Gasteiger partial charge >= 0.3 is 5.97 Å². The van der Waals surface area contributed by atoms with Gasteiger partial charge in [0, 0.05) is 23.4 Å². The number of rotatable bonds is 4. The lowest BCUT2D eigenvalue weighted by molar-refractivity contribution is -0.138. The number of likely N-dealkylation sites (tertiary alicyclic amines) is 1. The molecular weight excluding hydrogens is 334 g/mol. The van der Waals surface area contributed by atoms with Crippen LogP contribution in [0.25, 0.3) is 10.8 Å². The molecule has 0 aromatic heterocycles. The van der Waals surface area contributed by atoms with Crippen LogP contribution in [0.5, 0.6) is 11.5 Å². The Morgan fingerprint density at radius 3 is 2.65 bits per heavy atom. The summed E-state index contributed by atoms with van der Waals surface area (Å²) >= 11 is 0. The van der Waals surface area contributed by atoms with Gasteiger partial charge < -0.3 is 19.8 Å².